The van der Waals surface area contributed by atoms with Gasteiger partial charge in [0, 0.05) is 26.2 Å². The molecule has 2 unspecified atom stereocenters. The first-order chi connectivity index (χ1) is 8.27. The molecule has 0 radical (unpaired) electrons. The van der Waals surface area contributed by atoms with Crippen molar-refractivity contribution in [3.05, 3.63) is 0 Å². The third-order valence-electron chi connectivity index (χ3n) is 3.29. The van der Waals surface area contributed by atoms with Gasteiger partial charge in [0.25, 0.3) is 0 Å². The van der Waals surface area contributed by atoms with Crippen LogP contribution in [-0.2, 0) is 9.47 Å². The van der Waals surface area contributed by atoms with E-state index in [1.165, 1.54) is 0 Å². The van der Waals surface area contributed by atoms with E-state index in [1.54, 1.807) is 0 Å². The van der Waals surface area contributed by atoms with Crippen LogP contribution >= 0.6 is 0 Å². The van der Waals surface area contributed by atoms with Crippen molar-refractivity contribution in [3.63, 3.8) is 0 Å². The number of hydrogen-bond donors (Lipinski definition) is 2. The summed E-state index contributed by atoms with van der Waals surface area (Å²) in [7, 11) is 0. The lowest BCUT2D eigenvalue weighted by Gasteiger charge is -2.19. The molecule has 0 heterocycles. The smallest absolute Gasteiger partial charge is 0.158 e. The van der Waals surface area contributed by atoms with E-state index in [1.807, 2.05) is 13.8 Å². The molecular weight excluding hydrogens is 218 g/mol. The van der Waals surface area contributed by atoms with Gasteiger partial charge < -0.3 is 19.9 Å². The average molecular weight is 245 g/mol. The van der Waals surface area contributed by atoms with Crippen molar-refractivity contribution >= 4 is 0 Å². The van der Waals surface area contributed by atoms with Crippen molar-refractivity contribution in [2.75, 3.05) is 26.3 Å². The van der Waals surface area contributed by atoms with Crippen LogP contribution in [0.25, 0.3) is 0 Å². The van der Waals surface area contributed by atoms with Crippen molar-refractivity contribution in [2.45, 2.75) is 51.9 Å². The zero-order valence-corrected chi connectivity index (χ0v) is 11.2. The summed E-state index contributed by atoms with van der Waals surface area (Å²) >= 11 is 0. The number of nitrogens with one attached hydrogen (secondary N) is 1. The summed E-state index contributed by atoms with van der Waals surface area (Å²) in [5.74, 6) is 0.438. The second-order valence-electron chi connectivity index (χ2n) is 4.59. The van der Waals surface area contributed by atoms with Crippen LogP contribution in [0, 0.1) is 5.92 Å². The normalized spacial score (nSPS) is 24.7. The van der Waals surface area contributed by atoms with Crippen molar-refractivity contribution in [1.82, 2.24) is 5.32 Å². The number of hydrogen-bond acceptors (Lipinski definition) is 4. The average Bonchev–Trinajstić information content (AvgIpc) is 2.71. The lowest BCUT2D eigenvalue weighted by Crippen LogP contribution is -2.31. The highest BCUT2D eigenvalue weighted by molar-refractivity contribution is 4.78. The Bertz CT molecular complexity index is 184. The van der Waals surface area contributed by atoms with Gasteiger partial charge in [0.1, 0.15) is 0 Å². The fourth-order valence-electron chi connectivity index (χ4n) is 2.35. The Balaban J connectivity index is 2.05. The SMILES string of the molecule is CCOC(CCNCC1CCCC1O)OCC. The molecule has 0 bridgehead atoms. The minimum Gasteiger partial charge on any atom is -0.393 e. The molecule has 4 heteroatoms. The second kappa shape index (κ2) is 8.86. The van der Waals surface area contributed by atoms with E-state index in [2.05, 4.69) is 5.32 Å². The van der Waals surface area contributed by atoms with Gasteiger partial charge in [-0.2, -0.15) is 0 Å². The van der Waals surface area contributed by atoms with Gasteiger partial charge in [0.15, 0.2) is 6.29 Å². The summed E-state index contributed by atoms with van der Waals surface area (Å²) in [6.07, 6.45) is 3.95. The Morgan fingerprint density at radius 3 is 2.47 bits per heavy atom. The molecule has 2 atom stereocenters. The first-order valence-electron chi connectivity index (χ1n) is 6.89. The highest BCUT2D eigenvalue weighted by Gasteiger charge is 2.24. The van der Waals surface area contributed by atoms with E-state index in [9.17, 15) is 5.11 Å². The maximum absolute atomic E-state index is 9.68. The van der Waals surface area contributed by atoms with Crippen molar-refractivity contribution in [1.29, 1.82) is 0 Å². The van der Waals surface area contributed by atoms with Crippen molar-refractivity contribution in [2.24, 2.45) is 5.92 Å². The Labute approximate surface area is 105 Å². The molecule has 0 saturated heterocycles. The quantitative estimate of drug-likeness (QED) is 0.478. The molecule has 1 saturated carbocycles. The number of rotatable bonds is 9. The summed E-state index contributed by atoms with van der Waals surface area (Å²) in [5, 5.41) is 13.1. The number of aliphatic hydroxyl groups is 1. The predicted molar refractivity (Wildman–Crippen MR) is 67.9 cm³/mol. The van der Waals surface area contributed by atoms with E-state index in [0.717, 1.165) is 38.8 Å². The molecule has 1 fully saturated rings. The van der Waals surface area contributed by atoms with Crippen LogP contribution in [0.3, 0.4) is 0 Å². The fraction of sp³-hybridized carbons (Fsp3) is 1.00. The molecule has 0 amide bonds. The third-order valence-corrected chi connectivity index (χ3v) is 3.29. The monoisotopic (exact) mass is 245 g/mol. The van der Waals surface area contributed by atoms with E-state index in [4.69, 9.17) is 9.47 Å². The molecule has 0 aromatic heterocycles. The standard InChI is InChI=1S/C13H27NO3/c1-3-16-13(17-4-2)8-9-14-10-11-6-5-7-12(11)15/h11-15H,3-10H2,1-2H3. The van der Waals surface area contributed by atoms with E-state index in [0.29, 0.717) is 19.1 Å². The Morgan fingerprint density at radius 2 is 1.94 bits per heavy atom. The lowest BCUT2D eigenvalue weighted by atomic mass is 10.1. The molecule has 17 heavy (non-hydrogen) atoms. The molecule has 102 valence electrons. The first-order valence-corrected chi connectivity index (χ1v) is 6.89. The highest BCUT2D eigenvalue weighted by atomic mass is 16.7. The first kappa shape index (κ1) is 14.9. The molecule has 0 aromatic carbocycles. The predicted octanol–water partition coefficient (Wildman–Crippen LogP) is 1.53. The van der Waals surface area contributed by atoms with Gasteiger partial charge >= 0.3 is 0 Å². The van der Waals surface area contributed by atoms with Crippen LogP contribution in [-0.4, -0.2) is 43.8 Å². The topological polar surface area (TPSA) is 50.7 Å². The van der Waals surface area contributed by atoms with Crippen molar-refractivity contribution in [3.8, 4) is 0 Å². The maximum atomic E-state index is 9.68. The summed E-state index contributed by atoms with van der Waals surface area (Å²) in [6.45, 7) is 7.13. The summed E-state index contributed by atoms with van der Waals surface area (Å²) in [4.78, 5) is 0. The van der Waals surface area contributed by atoms with Gasteiger partial charge in [-0.1, -0.05) is 6.42 Å². The highest BCUT2D eigenvalue weighted by Crippen LogP contribution is 2.24. The molecule has 0 spiro atoms. The molecule has 4 nitrogen and oxygen atoms in total. The van der Waals surface area contributed by atoms with E-state index in [-0.39, 0.29) is 12.4 Å². The van der Waals surface area contributed by atoms with Crippen LogP contribution in [0.15, 0.2) is 0 Å². The van der Waals surface area contributed by atoms with Gasteiger partial charge in [-0.15, -0.1) is 0 Å². The Kier molecular flexibility index (Phi) is 7.77. The van der Waals surface area contributed by atoms with Crippen LogP contribution in [0.4, 0.5) is 0 Å². The fourth-order valence-corrected chi connectivity index (χ4v) is 2.35. The van der Waals surface area contributed by atoms with Crippen LogP contribution in [0.2, 0.25) is 0 Å². The van der Waals surface area contributed by atoms with E-state index >= 15 is 0 Å². The number of ether oxygens (including phenoxy) is 2. The van der Waals surface area contributed by atoms with Gasteiger partial charge in [-0.25, -0.2) is 0 Å². The maximum Gasteiger partial charge on any atom is 0.158 e. The molecule has 2 N–H and O–H groups in total. The van der Waals surface area contributed by atoms with Crippen LogP contribution < -0.4 is 5.32 Å². The summed E-state index contributed by atoms with van der Waals surface area (Å²) in [6, 6.07) is 0. The summed E-state index contributed by atoms with van der Waals surface area (Å²) in [5.41, 5.74) is 0. The molecule has 1 aliphatic rings. The molecule has 0 aliphatic heterocycles. The van der Waals surface area contributed by atoms with Gasteiger partial charge in [0.2, 0.25) is 0 Å². The summed E-state index contributed by atoms with van der Waals surface area (Å²) < 4.78 is 10.9. The Morgan fingerprint density at radius 1 is 1.24 bits per heavy atom. The Hall–Kier alpha value is -0.160. The molecule has 1 rings (SSSR count). The molecule has 0 aromatic rings. The van der Waals surface area contributed by atoms with Crippen LogP contribution in [0.5, 0.6) is 0 Å². The largest absolute Gasteiger partial charge is 0.393 e. The van der Waals surface area contributed by atoms with Gasteiger partial charge in [-0.3, -0.25) is 0 Å². The molecular formula is C13H27NO3. The minimum atomic E-state index is -0.0999. The van der Waals surface area contributed by atoms with E-state index < -0.39 is 0 Å². The minimum absolute atomic E-state index is 0.0917. The zero-order chi connectivity index (χ0) is 12.5. The number of aliphatic hydroxyl groups excluding tert-OH is 1. The van der Waals surface area contributed by atoms with Crippen molar-refractivity contribution < 1.29 is 14.6 Å². The molecule has 1 aliphatic carbocycles. The van der Waals surface area contributed by atoms with Gasteiger partial charge in [0.05, 0.1) is 6.10 Å². The van der Waals surface area contributed by atoms with Gasteiger partial charge in [-0.05, 0) is 39.2 Å². The second-order valence-corrected chi connectivity index (χ2v) is 4.59. The third kappa shape index (κ3) is 5.82. The van der Waals surface area contributed by atoms with Crippen LogP contribution in [0.1, 0.15) is 39.5 Å². The lowest BCUT2D eigenvalue weighted by molar-refractivity contribution is -0.138. The zero-order valence-electron chi connectivity index (χ0n) is 11.2.